The molecule has 0 aliphatic rings. The molecule has 0 radical (unpaired) electrons. The largest absolute Gasteiger partial charge is 0.455 e. The van der Waals surface area contributed by atoms with E-state index in [0.717, 1.165) is 44.2 Å². The van der Waals surface area contributed by atoms with Crippen LogP contribution in [0.2, 0.25) is 0 Å². The Morgan fingerprint density at radius 2 is 0.831 bits per heavy atom. The molecule has 0 aliphatic carbocycles. The lowest BCUT2D eigenvalue weighted by Gasteiger charge is -2.09. The second-order valence-electron chi connectivity index (χ2n) is 15.6. The molecule has 0 saturated carbocycles. The highest BCUT2D eigenvalue weighted by molar-refractivity contribution is 7.26. The van der Waals surface area contributed by atoms with Crippen molar-refractivity contribution in [3.63, 3.8) is 0 Å². The van der Waals surface area contributed by atoms with Gasteiger partial charge in [0.2, 0.25) is 0 Å². The van der Waals surface area contributed by atoms with Crippen LogP contribution in [0.3, 0.4) is 0 Å². The van der Waals surface area contributed by atoms with Crippen LogP contribution in [0.1, 0.15) is 0 Å². The topological polar surface area (TPSA) is 23.0 Å². The Hall–Kier alpha value is -7.18. The molecule has 14 aromatic rings. The van der Waals surface area contributed by atoms with Crippen LogP contribution >= 0.6 is 22.7 Å². The Labute approximate surface area is 344 Å². The zero-order valence-electron chi connectivity index (χ0n) is 31.4. The summed E-state index contributed by atoms with van der Waals surface area (Å²) in [5.74, 6) is 0. The van der Waals surface area contributed by atoms with Crippen LogP contribution in [0.5, 0.6) is 0 Å². The van der Waals surface area contributed by atoms with Gasteiger partial charge in [0.25, 0.3) is 0 Å². The first-order valence-electron chi connectivity index (χ1n) is 20.0. The van der Waals surface area contributed by atoms with Gasteiger partial charge in [0.1, 0.15) is 11.2 Å². The normalized spacial score (nSPS) is 12.4. The molecule has 0 aliphatic heterocycles. The number of furan rings is 1. The standard InChI is InChI=1S/C54H30N2OS2/c1-5-13-44-35(9-1)40-27-31(32-18-25-51-42(28-32)36-10-3-7-15-49(36)58-51)17-22-46(40)55(44)33-19-24-48-41(29-33)38-21-23-47-53(54(38)57-48)39-12-2-6-14-45(39)56(47)34-20-26-52-43(30-34)37-11-4-8-16-50(37)59-52/h1-30H. The van der Waals surface area contributed by atoms with Crippen molar-refractivity contribution in [1.29, 1.82) is 0 Å². The minimum atomic E-state index is 0.888. The van der Waals surface area contributed by atoms with Gasteiger partial charge in [-0.2, -0.15) is 0 Å². The van der Waals surface area contributed by atoms with Crippen LogP contribution in [0.15, 0.2) is 186 Å². The maximum Gasteiger partial charge on any atom is 0.145 e. The molecule has 3 nitrogen and oxygen atoms in total. The number of aromatic nitrogens is 2. The molecule has 0 atom stereocenters. The third-order valence-electron chi connectivity index (χ3n) is 12.5. The maximum atomic E-state index is 6.88. The first-order chi connectivity index (χ1) is 29.2. The quantitative estimate of drug-likeness (QED) is 0.175. The molecule has 5 heterocycles. The molecule has 0 unspecified atom stereocenters. The molecule has 0 saturated heterocycles. The predicted octanol–water partition coefficient (Wildman–Crippen LogP) is 16.2. The van der Waals surface area contributed by atoms with E-state index in [1.165, 1.54) is 84.2 Å². The lowest BCUT2D eigenvalue weighted by atomic mass is 10.0. The van der Waals surface area contributed by atoms with Gasteiger partial charge in [-0.25, -0.2) is 0 Å². The molecule has 274 valence electrons. The summed E-state index contributed by atoms with van der Waals surface area (Å²) in [4.78, 5) is 0. The Balaban J connectivity index is 0.948. The minimum absolute atomic E-state index is 0.888. The first-order valence-corrected chi connectivity index (χ1v) is 21.6. The average Bonchev–Trinajstić information content (AvgIpc) is 4.10. The summed E-state index contributed by atoms with van der Waals surface area (Å²) in [5.41, 5.74) is 11.2. The highest BCUT2D eigenvalue weighted by Crippen LogP contribution is 2.44. The Bertz CT molecular complexity index is 4100. The molecular formula is C54H30N2OS2. The first kappa shape index (κ1) is 31.9. The summed E-state index contributed by atoms with van der Waals surface area (Å²) in [6, 6.07) is 67.0. The fraction of sp³-hybridized carbons (Fsp3) is 0. The van der Waals surface area contributed by atoms with E-state index in [-0.39, 0.29) is 0 Å². The summed E-state index contributed by atoms with van der Waals surface area (Å²) in [6.45, 7) is 0. The smallest absolute Gasteiger partial charge is 0.145 e. The Kier molecular flexibility index (Phi) is 6.32. The van der Waals surface area contributed by atoms with Crippen molar-refractivity contribution >= 4 is 129 Å². The van der Waals surface area contributed by atoms with Crippen molar-refractivity contribution in [1.82, 2.24) is 9.13 Å². The molecule has 9 aromatic carbocycles. The number of benzene rings is 9. The van der Waals surface area contributed by atoms with E-state index in [9.17, 15) is 0 Å². The average molecular weight is 787 g/mol. The van der Waals surface area contributed by atoms with E-state index in [1.54, 1.807) is 0 Å². The fourth-order valence-corrected chi connectivity index (χ4v) is 12.1. The highest BCUT2D eigenvalue weighted by atomic mass is 32.1. The number of hydrogen-bond donors (Lipinski definition) is 0. The van der Waals surface area contributed by atoms with E-state index in [1.807, 2.05) is 22.7 Å². The van der Waals surface area contributed by atoms with E-state index in [0.29, 0.717) is 0 Å². The third kappa shape index (κ3) is 4.41. The van der Waals surface area contributed by atoms with Crippen LogP contribution < -0.4 is 0 Å². The van der Waals surface area contributed by atoms with Crippen molar-refractivity contribution in [2.45, 2.75) is 0 Å². The lowest BCUT2D eigenvalue weighted by Crippen LogP contribution is -1.93. The van der Waals surface area contributed by atoms with Crippen molar-refractivity contribution in [2.24, 2.45) is 0 Å². The molecule has 0 spiro atoms. The van der Waals surface area contributed by atoms with Gasteiger partial charge >= 0.3 is 0 Å². The van der Waals surface area contributed by atoms with E-state index >= 15 is 0 Å². The van der Waals surface area contributed by atoms with E-state index in [2.05, 4.69) is 191 Å². The van der Waals surface area contributed by atoms with Crippen molar-refractivity contribution in [2.75, 3.05) is 0 Å². The molecule has 0 bridgehead atoms. The highest BCUT2D eigenvalue weighted by Gasteiger charge is 2.21. The molecule has 5 heteroatoms. The van der Waals surface area contributed by atoms with Gasteiger partial charge in [-0.15, -0.1) is 22.7 Å². The van der Waals surface area contributed by atoms with Crippen molar-refractivity contribution in [3.05, 3.63) is 182 Å². The predicted molar refractivity (Wildman–Crippen MR) is 254 cm³/mol. The summed E-state index contributed by atoms with van der Waals surface area (Å²) in [6.07, 6.45) is 0. The molecule has 0 fully saturated rings. The summed E-state index contributed by atoms with van der Waals surface area (Å²) < 4.78 is 17.0. The number of para-hydroxylation sites is 2. The molecule has 59 heavy (non-hydrogen) atoms. The third-order valence-corrected chi connectivity index (χ3v) is 14.8. The zero-order valence-corrected chi connectivity index (χ0v) is 33.1. The minimum Gasteiger partial charge on any atom is -0.455 e. The Morgan fingerprint density at radius 1 is 0.322 bits per heavy atom. The fourth-order valence-electron chi connectivity index (χ4n) is 9.88. The molecule has 0 N–H and O–H groups in total. The van der Waals surface area contributed by atoms with Gasteiger partial charge in [-0.1, -0.05) is 84.9 Å². The van der Waals surface area contributed by atoms with Crippen LogP contribution in [-0.4, -0.2) is 9.13 Å². The van der Waals surface area contributed by atoms with Gasteiger partial charge in [-0.3, -0.25) is 0 Å². The summed E-state index contributed by atoms with van der Waals surface area (Å²) in [5, 5.41) is 12.3. The number of nitrogens with zero attached hydrogens (tertiary/aromatic N) is 2. The van der Waals surface area contributed by atoms with Crippen molar-refractivity contribution in [3.8, 4) is 22.5 Å². The monoisotopic (exact) mass is 786 g/mol. The molecule has 0 amide bonds. The molecule has 5 aromatic heterocycles. The second-order valence-corrected chi connectivity index (χ2v) is 17.8. The SMILES string of the molecule is c1ccc2c(c1)sc1ccc(-c3ccc4c(c3)c3ccccc3n4-c3ccc4oc5c(ccc6c5c5ccccc5n6-c5ccc6sc7ccccc7c6c5)c4c3)cc12. The maximum absolute atomic E-state index is 6.88. The van der Waals surface area contributed by atoms with Gasteiger partial charge in [0.05, 0.1) is 27.5 Å². The van der Waals surface area contributed by atoms with E-state index in [4.69, 9.17) is 4.42 Å². The Morgan fingerprint density at radius 3 is 1.59 bits per heavy atom. The summed E-state index contributed by atoms with van der Waals surface area (Å²) in [7, 11) is 0. The van der Waals surface area contributed by atoms with Gasteiger partial charge in [0.15, 0.2) is 0 Å². The zero-order chi connectivity index (χ0) is 38.3. The van der Waals surface area contributed by atoms with Crippen LogP contribution in [-0.2, 0) is 0 Å². The van der Waals surface area contributed by atoms with Gasteiger partial charge in [0, 0.05) is 78.7 Å². The number of rotatable bonds is 3. The second kappa shape index (κ2) is 11.7. The molecular weight excluding hydrogens is 757 g/mol. The van der Waals surface area contributed by atoms with Crippen molar-refractivity contribution < 1.29 is 4.42 Å². The van der Waals surface area contributed by atoms with Gasteiger partial charge < -0.3 is 13.6 Å². The van der Waals surface area contributed by atoms with Gasteiger partial charge in [-0.05, 0) is 108 Å². The van der Waals surface area contributed by atoms with E-state index < -0.39 is 0 Å². The number of hydrogen-bond acceptors (Lipinski definition) is 3. The lowest BCUT2D eigenvalue weighted by molar-refractivity contribution is 0.673. The number of fused-ring (bicyclic) bond motifs is 16. The van der Waals surface area contributed by atoms with Crippen LogP contribution in [0.25, 0.3) is 128 Å². The van der Waals surface area contributed by atoms with Crippen LogP contribution in [0, 0.1) is 0 Å². The molecule has 14 rings (SSSR count). The number of thiophene rings is 2. The summed E-state index contributed by atoms with van der Waals surface area (Å²) >= 11 is 3.72. The van der Waals surface area contributed by atoms with Crippen LogP contribution in [0.4, 0.5) is 0 Å².